The van der Waals surface area contributed by atoms with Gasteiger partial charge in [0.25, 0.3) is 0 Å². The number of rotatable bonds is 5. The molecule has 0 fully saturated rings. The second-order valence-corrected chi connectivity index (χ2v) is 14.1. The van der Waals surface area contributed by atoms with Crippen LogP contribution < -0.4 is 13.1 Å². The van der Waals surface area contributed by atoms with Crippen LogP contribution in [0.5, 0.6) is 0 Å². The average Bonchev–Trinajstić information content (AvgIpc) is 2.80. The van der Waals surface area contributed by atoms with Crippen LogP contribution in [0.1, 0.15) is 11.1 Å². The first-order valence-corrected chi connectivity index (χ1v) is 13.5. The van der Waals surface area contributed by atoms with Crippen molar-refractivity contribution in [3.05, 3.63) is 126 Å². The Balaban J connectivity index is 1.96. The molecule has 0 N–H and O–H groups in total. The van der Waals surface area contributed by atoms with Gasteiger partial charge in [0.15, 0.2) is 0 Å². The summed E-state index contributed by atoms with van der Waals surface area (Å²) in [4.78, 5) is 0. The molecule has 0 saturated heterocycles. The Morgan fingerprint density at radius 2 is 0.929 bits per heavy atom. The predicted octanol–water partition coefficient (Wildman–Crippen LogP) is 3.81. The van der Waals surface area contributed by atoms with Crippen molar-refractivity contribution >= 4 is 26.6 Å². The zero-order valence-corrected chi connectivity index (χ0v) is 17.4. The second kappa shape index (κ2) is 8.30. The quantitative estimate of drug-likeness (QED) is 0.449. The van der Waals surface area contributed by atoms with E-state index in [4.69, 9.17) is 5.26 Å². The Kier molecular flexibility index (Phi) is 5.43. The molecular weight excluding hydrogens is 401 g/mol. The molecule has 4 rings (SSSR count). The Labute approximate surface area is 169 Å². The van der Waals surface area contributed by atoms with Gasteiger partial charge in [0.1, 0.15) is 0 Å². The van der Waals surface area contributed by atoms with Gasteiger partial charge in [-0.25, -0.2) is 0 Å². The molecule has 0 aliphatic rings. The third kappa shape index (κ3) is 3.52. The van der Waals surface area contributed by atoms with Crippen molar-refractivity contribution in [2.24, 2.45) is 0 Å². The van der Waals surface area contributed by atoms with Gasteiger partial charge in [-0.15, -0.1) is 0 Å². The molecule has 28 heavy (non-hydrogen) atoms. The monoisotopic (exact) mass is 422 g/mol. The maximum atomic E-state index is 9.16. The minimum atomic E-state index is -2.74. The Morgan fingerprint density at radius 3 is 1.29 bits per heavy atom. The number of nitriles is 1. The zero-order valence-electron chi connectivity index (χ0n) is 15.6. The number of hydrogen-bond donors (Lipinski definition) is 0. The zero-order chi connectivity index (χ0) is 19.2. The molecule has 0 aliphatic heterocycles. The summed E-state index contributed by atoms with van der Waals surface area (Å²) < 4.78 is 4.30. The predicted molar refractivity (Wildman–Crippen MR) is 119 cm³/mol. The molecule has 2 heteroatoms. The number of nitrogens with zero attached hydrogens (tertiary/aromatic N) is 1. The van der Waals surface area contributed by atoms with Crippen LogP contribution >= 0.6 is 0 Å². The van der Waals surface area contributed by atoms with Gasteiger partial charge in [0.2, 0.25) is 0 Å². The fraction of sp³-hybridized carbons (Fsp3) is 0.0385. The van der Waals surface area contributed by atoms with Crippen LogP contribution in [0.15, 0.2) is 115 Å². The first-order chi connectivity index (χ1) is 13.8. The second-order valence-electron chi connectivity index (χ2n) is 6.78. The van der Waals surface area contributed by atoms with E-state index in [9.17, 15) is 0 Å². The van der Waals surface area contributed by atoms with Crippen LogP contribution in [0.3, 0.4) is 0 Å². The molecule has 0 heterocycles. The first-order valence-electron chi connectivity index (χ1n) is 9.37. The average molecular weight is 422 g/mol. The molecule has 134 valence electrons. The topological polar surface area (TPSA) is 23.8 Å². The van der Waals surface area contributed by atoms with E-state index in [2.05, 4.69) is 109 Å². The van der Waals surface area contributed by atoms with Crippen molar-refractivity contribution in [1.82, 2.24) is 0 Å². The van der Waals surface area contributed by atoms with Gasteiger partial charge >= 0.3 is 170 Å². The third-order valence-electron chi connectivity index (χ3n) is 5.09. The van der Waals surface area contributed by atoms with Gasteiger partial charge in [0, 0.05) is 0 Å². The first kappa shape index (κ1) is 18.3. The maximum absolute atomic E-state index is 9.16. The van der Waals surface area contributed by atoms with E-state index in [0.29, 0.717) is 5.56 Å². The summed E-state index contributed by atoms with van der Waals surface area (Å²) in [6.07, 6.45) is 0. The summed E-state index contributed by atoms with van der Waals surface area (Å²) in [6.45, 7) is 0. The van der Waals surface area contributed by atoms with Crippen molar-refractivity contribution in [3.63, 3.8) is 0 Å². The van der Waals surface area contributed by atoms with E-state index in [-0.39, 0.29) is 0 Å². The van der Waals surface area contributed by atoms with E-state index in [0.717, 1.165) is 5.21 Å². The molecule has 4 aromatic rings. The molecule has 0 spiro atoms. The van der Waals surface area contributed by atoms with Crippen LogP contribution in [-0.2, 0) is 5.21 Å². The normalized spacial score (nSPS) is 11.0. The van der Waals surface area contributed by atoms with Crippen LogP contribution in [0, 0.1) is 11.3 Å². The van der Waals surface area contributed by atoms with Crippen LogP contribution in [-0.4, -0.2) is 13.6 Å². The van der Waals surface area contributed by atoms with Gasteiger partial charge in [-0.2, -0.15) is 0 Å². The van der Waals surface area contributed by atoms with Gasteiger partial charge in [0.05, 0.1) is 0 Å². The molecule has 0 aromatic heterocycles. The van der Waals surface area contributed by atoms with Crippen molar-refractivity contribution < 1.29 is 0 Å². The van der Waals surface area contributed by atoms with Crippen molar-refractivity contribution in [2.75, 3.05) is 0 Å². The molecule has 0 atom stereocenters. The van der Waals surface area contributed by atoms with Gasteiger partial charge in [-0.1, -0.05) is 0 Å². The summed E-state index contributed by atoms with van der Waals surface area (Å²) in [6, 6.07) is 43.2. The van der Waals surface area contributed by atoms with Crippen LogP contribution in [0.4, 0.5) is 0 Å². The molecule has 0 amide bonds. The van der Waals surface area contributed by atoms with Crippen molar-refractivity contribution in [3.8, 4) is 6.07 Å². The summed E-state index contributed by atoms with van der Waals surface area (Å²) in [5.74, 6) is 0. The standard InChI is InChI=1S/C26H21AsN/c28-21-23-18-16-22(17-19-23)20-27(24-10-4-1-5-11-24,25-12-6-2-7-13-25)26-14-8-3-9-15-26/h1-19H,20H2/q+1. The molecule has 0 radical (unpaired) electrons. The Hall–Kier alpha value is -3.07. The Morgan fingerprint density at radius 1 is 0.536 bits per heavy atom. The molecular formula is C26H21AsN+. The van der Waals surface area contributed by atoms with Gasteiger partial charge < -0.3 is 0 Å². The van der Waals surface area contributed by atoms with E-state index >= 15 is 0 Å². The molecule has 0 unspecified atom stereocenters. The molecule has 0 bridgehead atoms. The fourth-order valence-corrected chi connectivity index (χ4v) is 12.6. The molecule has 4 aromatic carbocycles. The summed E-state index contributed by atoms with van der Waals surface area (Å²) in [5.41, 5.74) is 1.99. The summed E-state index contributed by atoms with van der Waals surface area (Å²) in [5, 5.41) is 10.1. The van der Waals surface area contributed by atoms with Gasteiger partial charge in [-0.05, 0) is 0 Å². The van der Waals surface area contributed by atoms with Crippen molar-refractivity contribution in [1.29, 1.82) is 5.26 Å². The fourth-order valence-electron chi connectivity index (χ4n) is 3.73. The van der Waals surface area contributed by atoms with E-state index in [1.807, 2.05) is 12.1 Å². The van der Waals surface area contributed by atoms with Crippen LogP contribution in [0.25, 0.3) is 0 Å². The third-order valence-corrected chi connectivity index (χ3v) is 14.3. The van der Waals surface area contributed by atoms with E-state index < -0.39 is 13.6 Å². The molecule has 1 nitrogen and oxygen atoms in total. The summed E-state index contributed by atoms with van der Waals surface area (Å²) >= 11 is -2.74. The van der Waals surface area contributed by atoms with E-state index in [1.165, 1.54) is 18.6 Å². The minimum absolute atomic E-state index is 0.708. The van der Waals surface area contributed by atoms with Crippen molar-refractivity contribution in [2.45, 2.75) is 5.21 Å². The molecule has 0 saturated carbocycles. The number of hydrogen-bond acceptors (Lipinski definition) is 1. The SMILES string of the molecule is N#Cc1ccc(C[As+](c2ccccc2)(c2ccccc2)c2ccccc2)cc1. The van der Waals surface area contributed by atoms with Crippen LogP contribution in [0.2, 0.25) is 0 Å². The van der Waals surface area contributed by atoms with E-state index in [1.54, 1.807) is 0 Å². The number of benzene rings is 4. The Bertz CT molecular complexity index is 969. The molecule has 0 aliphatic carbocycles. The van der Waals surface area contributed by atoms with Gasteiger partial charge in [-0.3, -0.25) is 0 Å². The summed E-state index contributed by atoms with van der Waals surface area (Å²) in [7, 11) is 0.